The molecule has 1 saturated heterocycles. The second-order valence-electron chi connectivity index (χ2n) is 15.7. The number of carboxylic acids is 1. The zero-order valence-corrected chi connectivity index (χ0v) is 34.4. The number of likely N-dealkylation sites (N-methyl/N-ethyl adjacent to an activating group) is 2. The molecule has 1 aromatic rings. The summed E-state index contributed by atoms with van der Waals surface area (Å²) in [5, 5.41) is 26.2. The van der Waals surface area contributed by atoms with Crippen molar-refractivity contribution < 1.29 is 43.7 Å². The monoisotopic (exact) mass is 761 g/mol. The minimum absolute atomic E-state index is 0.0241. The lowest BCUT2D eigenvalue weighted by atomic mass is 9.89. The van der Waals surface area contributed by atoms with Crippen molar-refractivity contribution in [2.75, 3.05) is 41.9 Å². The molecule has 306 valence electrons. The van der Waals surface area contributed by atoms with Gasteiger partial charge in [0.1, 0.15) is 12.1 Å². The van der Waals surface area contributed by atoms with E-state index in [0.717, 1.165) is 0 Å². The fourth-order valence-corrected chi connectivity index (χ4v) is 7.81. The van der Waals surface area contributed by atoms with Crippen molar-refractivity contribution in [2.24, 2.45) is 23.7 Å². The van der Waals surface area contributed by atoms with Gasteiger partial charge in [0, 0.05) is 27.8 Å². The first kappa shape index (κ1) is 46.6. The molecule has 0 aromatic heterocycles. The van der Waals surface area contributed by atoms with Crippen molar-refractivity contribution in [1.82, 2.24) is 25.3 Å². The Hall–Kier alpha value is -3.59. The molecule has 0 aliphatic carbocycles. The van der Waals surface area contributed by atoms with E-state index in [2.05, 4.69) is 10.6 Å². The number of amides is 4. The SMILES string of the molecule is CC[C@H](C)[C@@H]([C@@H](CC(=O)N1CCC[C@H]1[C@H](OC)[C@@H](C)C(=O)NC(C(=O)O)C(O)c1ccccc1)OC)N(C)C(=O)[C@@H](NC(=O)C(C(C)C)N(C)C)C(C)C. The Morgan fingerprint density at radius 2 is 1.48 bits per heavy atom. The molecule has 2 rings (SSSR count). The average molecular weight is 762 g/mol. The Labute approximate surface area is 322 Å². The van der Waals surface area contributed by atoms with Crippen LogP contribution in [0.5, 0.6) is 0 Å². The highest BCUT2D eigenvalue weighted by Gasteiger charge is 2.44. The summed E-state index contributed by atoms with van der Waals surface area (Å²) in [5.41, 5.74) is 0.345. The lowest BCUT2D eigenvalue weighted by Gasteiger charge is -2.41. The Balaban J connectivity index is 2.29. The standard InChI is InChI=1S/C40H67N5O9/c1-13-25(6)34(44(10)39(50)31(23(2)3)41-38(49)33(24(4)5)43(8)9)29(53-11)22-30(46)45-21-17-20-28(45)36(54-12)26(7)37(48)42-32(40(51)52)35(47)27-18-15-14-16-19-27/h14-16,18-19,23-26,28-29,31-36,47H,13,17,20-22H2,1-12H3,(H,41,49)(H,42,48)(H,51,52)/t25-,26+,28-,29+,31-,32?,33?,34-,35?,36+/m0/s1. The first-order chi connectivity index (χ1) is 25.3. The summed E-state index contributed by atoms with van der Waals surface area (Å²) in [4.78, 5) is 72.6. The molecule has 1 aliphatic rings. The highest BCUT2D eigenvalue weighted by Crippen LogP contribution is 2.30. The first-order valence-corrected chi connectivity index (χ1v) is 19.2. The molecular formula is C40H67N5O9. The first-order valence-electron chi connectivity index (χ1n) is 19.2. The highest BCUT2D eigenvalue weighted by molar-refractivity contribution is 5.90. The van der Waals surface area contributed by atoms with Gasteiger partial charge in [-0.05, 0) is 50.3 Å². The largest absolute Gasteiger partial charge is 0.480 e. The molecule has 0 saturated carbocycles. The summed E-state index contributed by atoms with van der Waals surface area (Å²) in [7, 11) is 8.34. The summed E-state index contributed by atoms with van der Waals surface area (Å²) in [6.45, 7) is 13.8. The van der Waals surface area contributed by atoms with E-state index in [4.69, 9.17) is 9.47 Å². The number of ether oxygens (including phenoxy) is 2. The van der Waals surface area contributed by atoms with E-state index < -0.39 is 66.3 Å². The van der Waals surface area contributed by atoms with Crippen LogP contribution in [0.4, 0.5) is 0 Å². The van der Waals surface area contributed by atoms with Crippen molar-refractivity contribution in [2.45, 2.75) is 123 Å². The van der Waals surface area contributed by atoms with E-state index in [1.807, 2.05) is 60.5 Å². The number of aliphatic hydroxyl groups is 1. The van der Waals surface area contributed by atoms with Crippen LogP contribution in [0, 0.1) is 23.7 Å². The van der Waals surface area contributed by atoms with E-state index in [0.29, 0.717) is 31.4 Å². The summed E-state index contributed by atoms with van der Waals surface area (Å²) >= 11 is 0. The Morgan fingerprint density at radius 1 is 0.889 bits per heavy atom. The molecule has 4 N–H and O–H groups in total. The van der Waals surface area contributed by atoms with Gasteiger partial charge in [0.25, 0.3) is 0 Å². The maximum atomic E-state index is 14.2. The lowest BCUT2D eigenvalue weighted by molar-refractivity contribution is -0.149. The van der Waals surface area contributed by atoms with Crippen LogP contribution in [0.3, 0.4) is 0 Å². The van der Waals surface area contributed by atoms with Crippen molar-refractivity contribution in [3.05, 3.63) is 35.9 Å². The fraction of sp³-hybridized carbons (Fsp3) is 0.725. The van der Waals surface area contributed by atoms with Crippen LogP contribution in [0.2, 0.25) is 0 Å². The zero-order valence-electron chi connectivity index (χ0n) is 34.4. The third kappa shape index (κ3) is 11.7. The van der Waals surface area contributed by atoms with E-state index in [1.165, 1.54) is 14.2 Å². The molecule has 10 atom stereocenters. The number of carboxylic acid groups (broad SMARTS) is 1. The lowest BCUT2D eigenvalue weighted by Crippen LogP contribution is -2.59. The summed E-state index contributed by atoms with van der Waals surface area (Å²) in [6, 6.07) is 4.42. The van der Waals surface area contributed by atoms with Crippen LogP contribution in [-0.4, -0.2) is 139 Å². The van der Waals surface area contributed by atoms with Crippen molar-refractivity contribution in [3.63, 3.8) is 0 Å². The van der Waals surface area contributed by atoms with Gasteiger partial charge in [0.15, 0.2) is 6.04 Å². The second kappa shape index (κ2) is 21.5. The number of aliphatic carboxylic acids is 1. The van der Waals surface area contributed by atoms with Crippen LogP contribution in [0.1, 0.15) is 85.8 Å². The molecule has 0 bridgehead atoms. The topological polar surface area (TPSA) is 178 Å². The van der Waals surface area contributed by atoms with Gasteiger partial charge < -0.3 is 40.1 Å². The van der Waals surface area contributed by atoms with Gasteiger partial charge in [0.2, 0.25) is 23.6 Å². The van der Waals surface area contributed by atoms with Crippen LogP contribution in [-0.2, 0) is 33.4 Å². The Kier molecular flexibility index (Phi) is 18.5. The third-order valence-corrected chi connectivity index (χ3v) is 11.0. The maximum Gasteiger partial charge on any atom is 0.329 e. The normalized spacial score (nSPS) is 19.7. The maximum absolute atomic E-state index is 14.2. The number of carbonyl (C=O) groups is 5. The molecule has 1 aromatic carbocycles. The molecule has 0 radical (unpaired) electrons. The van der Waals surface area contributed by atoms with Crippen LogP contribution < -0.4 is 10.6 Å². The molecular weight excluding hydrogens is 694 g/mol. The number of carbonyl (C=O) groups excluding carboxylic acids is 4. The van der Waals surface area contributed by atoms with Gasteiger partial charge in [-0.3, -0.25) is 24.1 Å². The number of benzene rings is 1. The Bertz CT molecular complexity index is 1370. The van der Waals surface area contributed by atoms with E-state index in [1.54, 1.807) is 54.1 Å². The Morgan fingerprint density at radius 3 is 1.96 bits per heavy atom. The quantitative estimate of drug-likeness (QED) is 0.146. The fourth-order valence-electron chi connectivity index (χ4n) is 7.81. The van der Waals surface area contributed by atoms with E-state index in [9.17, 15) is 34.2 Å². The second-order valence-corrected chi connectivity index (χ2v) is 15.7. The number of hydrogen-bond acceptors (Lipinski definition) is 9. The van der Waals surface area contributed by atoms with E-state index in [-0.39, 0.29) is 41.9 Å². The van der Waals surface area contributed by atoms with Crippen molar-refractivity contribution >= 4 is 29.6 Å². The van der Waals surface area contributed by atoms with Gasteiger partial charge in [-0.25, -0.2) is 4.79 Å². The van der Waals surface area contributed by atoms with Crippen LogP contribution in [0.15, 0.2) is 30.3 Å². The predicted molar refractivity (Wildman–Crippen MR) is 206 cm³/mol. The number of likely N-dealkylation sites (tertiary alicyclic amines) is 1. The molecule has 54 heavy (non-hydrogen) atoms. The summed E-state index contributed by atoms with van der Waals surface area (Å²) in [5.74, 6) is -3.87. The van der Waals surface area contributed by atoms with Crippen LogP contribution >= 0.6 is 0 Å². The zero-order chi connectivity index (χ0) is 41.0. The van der Waals surface area contributed by atoms with Gasteiger partial charge in [-0.15, -0.1) is 0 Å². The predicted octanol–water partition coefficient (Wildman–Crippen LogP) is 2.94. The van der Waals surface area contributed by atoms with Gasteiger partial charge >= 0.3 is 5.97 Å². The van der Waals surface area contributed by atoms with Crippen LogP contribution in [0.25, 0.3) is 0 Å². The number of hydrogen-bond donors (Lipinski definition) is 4. The highest BCUT2D eigenvalue weighted by atomic mass is 16.5. The minimum atomic E-state index is -1.60. The van der Waals surface area contributed by atoms with Gasteiger partial charge in [-0.2, -0.15) is 0 Å². The average Bonchev–Trinajstić information content (AvgIpc) is 3.61. The number of nitrogens with zero attached hydrogens (tertiary/aromatic N) is 3. The minimum Gasteiger partial charge on any atom is -0.480 e. The molecule has 3 unspecified atom stereocenters. The summed E-state index contributed by atoms with van der Waals surface area (Å²) < 4.78 is 11.8. The molecule has 1 heterocycles. The number of methoxy groups -OCH3 is 2. The molecule has 4 amide bonds. The number of aliphatic hydroxyl groups excluding tert-OH is 1. The molecule has 14 nitrogen and oxygen atoms in total. The third-order valence-electron chi connectivity index (χ3n) is 11.0. The molecule has 1 fully saturated rings. The van der Waals surface area contributed by atoms with Crippen molar-refractivity contribution in [1.29, 1.82) is 0 Å². The number of rotatable bonds is 21. The number of nitrogens with one attached hydrogen (secondary N) is 2. The molecule has 1 aliphatic heterocycles. The summed E-state index contributed by atoms with van der Waals surface area (Å²) in [6.07, 6.45) is -1.07. The molecule has 14 heteroatoms. The van der Waals surface area contributed by atoms with Gasteiger partial charge in [0.05, 0.1) is 42.7 Å². The smallest absolute Gasteiger partial charge is 0.329 e. The van der Waals surface area contributed by atoms with E-state index >= 15 is 0 Å². The molecule has 0 spiro atoms. The van der Waals surface area contributed by atoms with Crippen molar-refractivity contribution in [3.8, 4) is 0 Å². The van der Waals surface area contributed by atoms with Gasteiger partial charge in [-0.1, -0.05) is 85.2 Å².